The zero-order valence-electron chi connectivity index (χ0n) is 10.5. The van der Waals surface area contributed by atoms with Crippen LogP contribution in [0.4, 0.5) is 0 Å². The zero-order chi connectivity index (χ0) is 14.1. The fraction of sp³-hybridized carbons (Fsp3) is 0.214. The topological polar surface area (TPSA) is 70.5 Å². The molecule has 0 spiro atoms. The Hall–Kier alpha value is -2.21. The maximum atomic E-state index is 12.4. The van der Waals surface area contributed by atoms with Crippen LogP contribution in [-0.2, 0) is 11.2 Å². The van der Waals surface area contributed by atoms with Crippen LogP contribution in [0, 0.1) is 0 Å². The smallest absolute Gasteiger partial charge is 0.331 e. The number of carboxylic acid groups (broad SMARTS) is 1. The van der Waals surface area contributed by atoms with Gasteiger partial charge in [-0.2, -0.15) is 0 Å². The van der Waals surface area contributed by atoms with Crippen molar-refractivity contribution in [2.24, 2.45) is 0 Å². The molecule has 5 nitrogen and oxygen atoms in total. The van der Waals surface area contributed by atoms with Gasteiger partial charge in [0.1, 0.15) is 5.69 Å². The lowest BCUT2D eigenvalue weighted by molar-refractivity contribution is -0.143. The molecule has 1 aromatic carbocycles. The molecule has 1 N–H and O–H groups in total. The number of nitrogens with zero attached hydrogens (tertiary/aromatic N) is 2. The quantitative estimate of drug-likeness (QED) is 0.917. The Balaban J connectivity index is 2.01. The fourth-order valence-corrected chi connectivity index (χ4v) is 3.04. The molecule has 1 amide bonds. The first kappa shape index (κ1) is 12.8. The van der Waals surface area contributed by atoms with Crippen LogP contribution in [0.1, 0.15) is 27.7 Å². The predicted octanol–water partition coefficient (Wildman–Crippen LogP) is 1.97. The van der Waals surface area contributed by atoms with E-state index >= 15 is 0 Å². The summed E-state index contributed by atoms with van der Waals surface area (Å²) >= 11 is 1.32. The molecule has 0 aliphatic carbocycles. The third-order valence-electron chi connectivity index (χ3n) is 3.43. The molecule has 0 saturated heterocycles. The van der Waals surface area contributed by atoms with Crippen molar-refractivity contribution in [1.82, 2.24) is 9.88 Å². The lowest BCUT2D eigenvalue weighted by Gasteiger charge is -2.34. The fourth-order valence-electron chi connectivity index (χ4n) is 2.52. The number of hydrogen-bond donors (Lipinski definition) is 1. The van der Waals surface area contributed by atoms with E-state index in [1.165, 1.54) is 16.2 Å². The highest BCUT2D eigenvalue weighted by Crippen LogP contribution is 2.31. The molecule has 0 bridgehead atoms. The average Bonchev–Trinajstić information content (AvgIpc) is 2.99. The predicted molar refractivity (Wildman–Crippen MR) is 73.7 cm³/mol. The van der Waals surface area contributed by atoms with Crippen LogP contribution in [0.3, 0.4) is 0 Å². The minimum absolute atomic E-state index is 0.306. The molecular weight excluding hydrogens is 276 g/mol. The highest BCUT2D eigenvalue weighted by Gasteiger charge is 2.36. The molecule has 0 radical (unpaired) electrons. The van der Waals surface area contributed by atoms with Crippen molar-refractivity contribution in [2.45, 2.75) is 12.5 Å². The molecule has 1 aliphatic rings. The van der Waals surface area contributed by atoms with E-state index in [0.717, 1.165) is 5.56 Å². The summed E-state index contributed by atoms with van der Waals surface area (Å²) in [5.74, 6) is -1.34. The number of fused-ring (bicyclic) bond motifs is 1. The number of aliphatic carboxylic acids is 1. The molecule has 1 aliphatic heterocycles. The summed E-state index contributed by atoms with van der Waals surface area (Å²) in [7, 11) is 0. The number of aromatic nitrogens is 1. The van der Waals surface area contributed by atoms with Crippen molar-refractivity contribution in [3.8, 4) is 0 Å². The van der Waals surface area contributed by atoms with Crippen molar-refractivity contribution >= 4 is 23.2 Å². The summed E-state index contributed by atoms with van der Waals surface area (Å²) in [6.45, 7) is 0.393. The standard InChI is InChI=1S/C14H12N2O3S/c17-13(11-7-20-8-15-11)16-6-5-9-3-1-2-4-10(9)12(16)14(18)19/h1-4,7-8,12H,5-6H2,(H,18,19)/t12-/m0/s1. The number of benzene rings is 1. The molecular formula is C14H12N2O3S. The van der Waals surface area contributed by atoms with Crippen LogP contribution >= 0.6 is 11.3 Å². The van der Waals surface area contributed by atoms with E-state index in [4.69, 9.17) is 0 Å². The Morgan fingerprint density at radius 2 is 2.15 bits per heavy atom. The first-order valence-electron chi connectivity index (χ1n) is 6.18. The minimum atomic E-state index is -1.01. The van der Waals surface area contributed by atoms with Gasteiger partial charge in [-0.15, -0.1) is 11.3 Å². The van der Waals surface area contributed by atoms with Crippen LogP contribution in [-0.4, -0.2) is 33.4 Å². The van der Waals surface area contributed by atoms with Gasteiger partial charge in [-0.05, 0) is 17.5 Å². The SMILES string of the molecule is O=C(O)[C@@H]1c2ccccc2CCN1C(=O)c1cscn1. The highest BCUT2D eigenvalue weighted by molar-refractivity contribution is 7.07. The average molecular weight is 288 g/mol. The van der Waals surface area contributed by atoms with Crippen LogP contribution < -0.4 is 0 Å². The lowest BCUT2D eigenvalue weighted by atomic mass is 9.92. The lowest BCUT2D eigenvalue weighted by Crippen LogP contribution is -2.43. The number of amides is 1. The zero-order valence-corrected chi connectivity index (χ0v) is 11.3. The minimum Gasteiger partial charge on any atom is -0.479 e. The Bertz CT molecular complexity index is 654. The third-order valence-corrected chi connectivity index (χ3v) is 4.02. The van der Waals surface area contributed by atoms with Gasteiger partial charge in [-0.3, -0.25) is 4.79 Å². The molecule has 0 unspecified atom stereocenters. The Kier molecular flexibility index (Phi) is 3.23. The van der Waals surface area contributed by atoms with Crippen LogP contribution in [0.25, 0.3) is 0 Å². The normalized spacial score (nSPS) is 17.6. The van der Waals surface area contributed by atoms with Gasteiger partial charge >= 0.3 is 5.97 Å². The summed E-state index contributed by atoms with van der Waals surface area (Å²) < 4.78 is 0. The molecule has 2 heterocycles. The van der Waals surface area contributed by atoms with Gasteiger partial charge in [0.05, 0.1) is 5.51 Å². The van der Waals surface area contributed by atoms with E-state index in [-0.39, 0.29) is 5.91 Å². The molecule has 0 fully saturated rings. The second-order valence-corrected chi connectivity index (χ2v) is 5.28. The summed E-state index contributed by atoms with van der Waals surface area (Å²) in [5.41, 5.74) is 3.55. The van der Waals surface area contributed by atoms with E-state index in [1.807, 2.05) is 12.1 Å². The first-order valence-corrected chi connectivity index (χ1v) is 7.12. The van der Waals surface area contributed by atoms with Crippen LogP contribution in [0.2, 0.25) is 0 Å². The Labute approximate surface area is 119 Å². The highest BCUT2D eigenvalue weighted by atomic mass is 32.1. The first-order chi connectivity index (χ1) is 9.68. The molecule has 1 aromatic heterocycles. The van der Waals surface area contributed by atoms with Crippen molar-refractivity contribution in [3.63, 3.8) is 0 Å². The second kappa shape index (κ2) is 5.05. The molecule has 2 aromatic rings. The number of carbonyl (C=O) groups excluding carboxylic acids is 1. The van der Waals surface area contributed by atoms with Gasteiger partial charge in [-0.25, -0.2) is 9.78 Å². The monoisotopic (exact) mass is 288 g/mol. The maximum Gasteiger partial charge on any atom is 0.331 e. The maximum absolute atomic E-state index is 12.4. The number of carbonyl (C=O) groups is 2. The Morgan fingerprint density at radius 3 is 2.85 bits per heavy atom. The summed E-state index contributed by atoms with van der Waals surface area (Å²) in [6.07, 6.45) is 0.663. The molecule has 20 heavy (non-hydrogen) atoms. The number of thiazole rings is 1. The summed E-state index contributed by atoms with van der Waals surface area (Å²) in [4.78, 5) is 29.3. The third kappa shape index (κ3) is 2.08. The van der Waals surface area contributed by atoms with E-state index in [2.05, 4.69) is 4.98 Å². The van der Waals surface area contributed by atoms with Crippen molar-refractivity contribution < 1.29 is 14.7 Å². The molecule has 6 heteroatoms. The molecule has 1 atom stereocenters. The van der Waals surface area contributed by atoms with Gasteiger partial charge in [0.15, 0.2) is 6.04 Å². The number of hydrogen-bond acceptors (Lipinski definition) is 4. The molecule has 3 rings (SSSR count). The van der Waals surface area contributed by atoms with Crippen molar-refractivity contribution in [2.75, 3.05) is 6.54 Å². The largest absolute Gasteiger partial charge is 0.479 e. The van der Waals surface area contributed by atoms with E-state index in [1.54, 1.807) is 23.0 Å². The van der Waals surface area contributed by atoms with Gasteiger partial charge in [0.2, 0.25) is 0 Å². The van der Waals surface area contributed by atoms with E-state index in [9.17, 15) is 14.7 Å². The van der Waals surface area contributed by atoms with Gasteiger partial charge in [0, 0.05) is 11.9 Å². The summed E-state index contributed by atoms with van der Waals surface area (Å²) in [6, 6.07) is 6.43. The van der Waals surface area contributed by atoms with Crippen molar-refractivity contribution in [3.05, 3.63) is 52.0 Å². The Morgan fingerprint density at radius 1 is 1.35 bits per heavy atom. The second-order valence-electron chi connectivity index (χ2n) is 4.56. The number of rotatable bonds is 2. The van der Waals surface area contributed by atoms with Gasteiger partial charge in [-0.1, -0.05) is 24.3 Å². The van der Waals surface area contributed by atoms with E-state index < -0.39 is 12.0 Å². The van der Waals surface area contributed by atoms with Crippen molar-refractivity contribution in [1.29, 1.82) is 0 Å². The molecule has 102 valence electrons. The van der Waals surface area contributed by atoms with Crippen LogP contribution in [0.15, 0.2) is 35.2 Å². The molecule has 0 saturated carbocycles. The number of carboxylic acids is 1. The van der Waals surface area contributed by atoms with Gasteiger partial charge < -0.3 is 10.0 Å². The van der Waals surface area contributed by atoms with E-state index in [0.29, 0.717) is 24.2 Å². The van der Waals surface area contributed by atoms with Crippen LogP contribution in [0.5, 0.6) is 0 Å². The summed E-state index contributed by atoms with van der Waals surface area (Å²) in [5, 5.41) is 11.1. The van der Waals surface area contributed by atoms with Gasteiger partial charge in [0.25, 0.3) is 5.91 Å².